The summed E-state index contributed by atoms with van der Waals surface area (Å²) in [5.41, 5.74) is 9.31. The number of hydrogen-bond acceptors (Lipinski definition) is 4. The molecule has 0 spiro atoms. The fraction of sp³-hybridized carbons (Fsp3) is 0.350. The molecule has 3 rings (SSSR count). The van der Waals surface area contributed by atoms with Gasteiger partial charge in [0, 0.05) is 39.9 Å². The number of rotatable bonds is 5. The van der Waals surface area contributed by atoms with Gasteiger partial charge in [-0.3, -0.25) is 10.2 Å². The van der Waals surface area contributed by atoms with E-state index in [4.69, 9.17) is 0 Å². The van der Waals surface area contributed by atoms with Crippen LogP contribution in [0, 0.1) is 11.7 Å². The smallest absolute Gasteiger partial charge is 0.229 e. The van der Waals surface area contributed by atoms with Gasteiger partial charge in [-0.25, -0.2) is 9.82 Å². The second-order valence-electron chi connectivity index (χ2n) is 6.92. The molecule has 0 aliphatic carbocycles. The van der Waals surface area contributed by atoms with Crippen molar-refractivity contribution < 1.29 is 9.18 Å². The molecule has 2 unspecified atom stereocenters. The fourth-order valence-corrected chi connectivity index (χ4v) is 3.25. The van der Waals surface area contributed by atoms with E-state index in [1.165, 1.54) is 12.1 Å². The van der Waals surface area contributed by atoms with Crippen LogP contribution in [0.3, 0.4) is 0 Å². The van der Waals surface area contributed by atoms with Gasteiger partial charge in [0.15, 0.2) is 0 Å². The van der Waals surface area contributed by atoms with Gasteiger partial charge in [0.05, 0.1) is 12.0 Å². The molecule has 0 saturated carbocycles. The highest BCUT2D eigenvalue weighted by Gasteiger charge is 2.35. The summed E-state index contributed by atoms with van der Waals surface area (Å²) in [6.45, 7) is 1.10. The van der Waals surface area contributed by atoms with Gasteiger partial charge in [0.2, 0.25) is 5.91 Å². The van der Waals surface area contributed by atoms with Crippen LogP contribution in [0.5, 0.6) is 0 Å². The molecule has 2 aromatic carbocycles. The average Bonchev–Trinajstić information content (AvgIpc) is 3.11. The summed E-state index contributed by atoms with van der Waals surface area (Å²) in [5.74, 6) is -0.444. The van der Waals surface area contributed by atoms with Crippen LogP contribution in [-0.4, -0.2) is 38.5 Å². The van der Waals surface area contributed by atoms with E-state index in [1.54, 1.807) is 17.0 Å². The maximum atomic E-state index is 13.2. The molecule has 1 saturated heterocycles. The predicted octanol–water partition coefficient (Wildman–Crippen LogP) is 2.32. The highest BCUT2D eigenvalue weighted by molar-refractivity contribution is 5.80. The van der Waals surface area contributed by atoms with Crippen molar-refractivity contribution in [2.24, 2.45) is 5.92 Å². The number of hydrazine groups is 1. The monoisotopic (exact) mass is 356 g/mol. The van der Waals surface area contributed by atoms with Crippen molar-refractivity contribution in [3.8, 4) is 0 Å². The molecule has 0 aromatic heterocycles. The normalized spacial score (nSPS) is 19.4. The van der Waals surface area contributed by atoms with Gasteiger partial charge < -0.3 is 9.80 Å². The Bertz CT molecular complexity index is 745. The van der Waals surface area contributed by atoms with Crippen molar-refractivity contribution in [1.82, 2.24) is 15.8 Å². The third-order valence-electron chi connectivity index (χ3n) is 4.78. The first-order valence-corrected chi connectivity index (χ1v) is 8.71. The second kappa shape index (κ2) is 7.85. The predicted molar refractivity (Wildman–Crippen MR) is 101 cm³/mol. The van der Waals surface area contributed by atoms with Crippen LogP contribution in [0.4, 0.5) is 10.1 Å². The van der Waals surface area contributed by atoms with Gasteiger partial charge in [-0.2, -0.15) is 0 Å². The lowest BCUT2D eigenvalue weighted by Crippen LogP contribution is -2.36. The van der Waals surface area contributed by atoms with Gasteiger partial charge in [0.1, 0.15) is 5.82 Å². The van der Waals surface area contributed by atoms with Crippen LogP contribution in [0.25, 0.3) is 0 Å². The van der Waals surface area contributed by atoms with Crippen molar-refractivity contribution in [3.05, 3.63) is 65.5 Å². The maximum Gasteiger partial charge on any atom is 0.229 e. The Morgan fingerprint density at radius 3 is 2.35 bits per heavy atom. The molecule has 1 aliphatic heterocycles. The molecule has 5 nitrogen and oxygen atoms in total. The minimum Gasteiger partial charge on any atom is -0.378 e. The number of hydrogen-bond donors (Lipinski definition) is 2. The molecule has 1 heterocycles. The lowest BCUT2D eigenvalue weighted by molar-refractivity contribution is -0.134. The van der Waals surface area contributed by atoms with E-state index in [9.17, 15) is 9.18 Å². The summed E-state index contributed by atoms with van der Waals surface area (Å²) >= 11 is 0. The molecule has 26 heavy (non-hydrogen) atoms. The minimum absolute atomic E-state index is 0.0634. The molecular weight excluding hydrogens is 331 g/mol. The quantitative estimate of drug-likeness (QED) is 0.863. The van der Waals surface area contributed by atoms with Crippen molar-refractivity contribution >= 4 is 11.6 Å². The Kier molecular flexibility index (Phi) is 5.54. The maximum absolute atomic E-state index is 13.2. The van der Waals surface area contributed by atoms with Crippen LogP contribution in [-0.2, 0) is 11.3 Å². The standard InChI is InChI=1S/C20H25FN4O/c1-24(2)17-10-4-14(5-11-17)13-25(3)20(26)18-12-22-23-19(18)15-6-8-16(21)9-7-15/h4-11,18-19,22-23H,12-13H2,1-3H3. The fourth-order valence-electron chi connectivity index (χ4n) is 3.25. The van der Waals surface area contributed by atoms with E-state index in [0.29, 0.717) is 13.1 Å². The Hall–Kier alpha value is -2.44. The number of anilines is 1. The van der Waals surface area contributed by atoms with Gasteiger partial charge in [-0.1, -0.05) is 24.3 Å². The third-order valence-corrected chi connectivity index (χ3v) is 4.78. The zero-order valence-electron chi connectivity index (χ0n) is 15.4. The molecular formula is C20H25FN4O. The third kappa shape index (κ3) is 4.03. The summed E-state index contributed by atoms with van der Waals surface area (Å²) < 4.78 is 13.2. The lowest BCUT2D eigenvalue weighted by Gasteiger charge is -2.25. The number of carbonyl (C=O) groups is 1. The van der Waals surface area contributed by atoms with Gasteiger partial charge in [-0.15, -0.1) is 0 Å². The van der Waals surface area contributed by atoms with E-state index in [2.05, 4.69) is 10.9 Å². The molecule has 2 aromatic rings. The summed E-state index contributed by atoms with van der Waals surface area (Å²) in [6, 6.07) is 14.3. The Balaban J connectivity index is 1.67. The van der Waals surface area contributed by atoms with E-state index in [1.807, 2.05) is 50.3 Å². The first kappa shape index (κ1) is 18.4. The topological polar surface area (TPSA) is 47.6 Å². The Morgan fingerprint density at radius 2 is 1.73 bits per heavy atom. The summed E-state index contributed by atoms with van der Waals surface area (Å²) in [4.78, 5) is 16.7. The van der Waals surface area contributed by atoms with Crippen LogP contribution >= 0.6 is 0 Å². The number of benzene rings is 2. The van der Waals surface area contributed by atoms with Crippen molar-refractivity contribution in [2.45, 2.75) is 12.6 Å². The zero-order valence-corrected chi connectivity index (χ0v) is 15.4. The van der Waals surface area contributed by atoms with Crippen LogP contribution in [0.1, 0.15) is 17.2 Å². The van der Waals surface area contributed by atoms with Gasteiger partial charge in [-0.05, 0) is 35.4 Å². The molecule has 0 radical (unpaired) electrons. The molecule has 2 atom stereocenters. The number of nitrogens with zero attached hydrogens (tertiary/aromatic N) is 2. The van der Waals surface area contributed by atoms with E-state index in [-0.39, 0.29) is 23.7 Å². The highest BCUT2D eigenvalue weighted by atomic mass is 19.1. The summed E-state index contributed by atoms with van der Waals surface area (Å²) in [5, 5.41) is 0. The number of nitrogens with one attached hydrogen (secondary N) is 2. The van der Waals surface area contributed by atoms with Gasteiger partial charge >= 0.3 is 0 Å². The van der Waals surface area contributed by atoms with Crippen LogP contribution in [0.15, 0.2) is 48.5 Å². The van der Waals surface area contributed by atoms with E-state index < -0.39 is 0 Å². The Labute approximate surface area is 153 Å². The first-order chi connectivity index (χ1) is 12.5. The molecule has 1 fully saturated rings. The number of halogens is 1. The van der Waals surface area contributed by atoms with Gasteiger partial charge in [0.25, 0.3) is 0 Å². The Morgan fingerprint density at radius 1 is 1.08 bits per heavy atom. The minimum atomic E-state index is -0.277. The molecule has 138 valence electrons. The first-order valence-electron chi connectivity index (χ1n) is 8.71. The zero-order chi connectivity index (χ0) is 18.7. The molecule has 6 heteroatoms. The lowest BCUT2D eigenvalue weighted by atomic mass is 9.93. The van der Waals surface area contributed by atoms with Crippen molar-refractivity contribution in [2.75, 3.05) is 32.6 Å². The highest BCUT2D eigenvalue weighted by Crippen LogP contribution is 2.27. The number of carbonyl (C=O) groups excluding carboxylic acids is 1. The van der Waals surface area contributed by atoms with E-state index in [0.717, 1.165) is 16.8 Å². The summed E-state index contributed by atoms with van der Waals surface area (Å²) in [7, 11) is 5.82. The van der Waals surface area contributed by atoms with Crippen molar-refractivity contribution in [3.63, 3.8) is 0 Å². The van der Waals surface area contributed by atoms with Crippen LogP contribution in [0.2, 0.25) is 0 Å². The molecule has 0 bridgehead atoms. The molecule has 1 amide bonds. The largest absolute Gasteiger partial charge is 0.378 e. The van der Waals surface area contributed by atoms with Crippen molar-refractivity contribution in [1.29, 1.82) is 0 Å². The van der Waals surface area contributed by atoms with E-state index >= 15 is 0 Å². The van der Waals surface area contributed by atoms with Crippen LogP contribution < -0.4 is 15.8 Å². The summed E-state index contributed by atoms with van der Waals surface area (Å²) in [6.07, 6.45) is 0. The molecule has 2 N–H and O–H groups in total. The SMILES string of the molecule is CN(Cc1ccc(N(C)C)cc1)C(=O)C1CNNC1c1ccc(F)cc1. The average molecular weight is 356 g/mol. The second-order valence-corrected chi connectivity index (χ2v) is 6.92. The number of amides is 1. The molecule has 1 aliphatic rings.